The van der Waals surface area contributed by atoms with E-state index in [-0.39, 0.29) is 11.9 Å². The number of ether oxygens (including phenoxy) is 1. The van der Waals surface area contributed by atoms with E-state index in [0.29, 0.717) is 18.5 Å². The summed E-state index contributed by atoms with van der Waals surface area (Å²) in [5, 5.41) is 2.88. The highest BCUT2D eigenvalue weighted by atomic mass is 16.5. The molecule has 110 valence electrons. The van der Waals surface area contributed by atoms with Gasteiger partial charge in [-0.15, -0.1) is 0 Å². The lowest BCUT2D eigenvalue weighted by molar-refractivity contribution is -0.121. The van der Waals surface area contributed by atoms with Crippen molar-refractivity contribution in [2.45, 2.75) is 45.6 Å². The van der Waals surface area contributed by atoms with E-state index in [4.69, 9.17) is 0 Å². The maximum Gasteiger partial charge on any atom is 0.337 e. The average Bonchev–Trinajstić information content (AvgIpc) is 2.49. The molecule has 0 saturated carbocycles. The van der Waals surface area contributed by atoms with Crippen LogP contribution in [0.5, 0.6) is 0 Å². The molecule has 0 bridgehead atoms. The Hall–Kier alpha value is -1.84. The molecule has 4 nitrogen and oxygen atoms in total. The van der Waals surface area contributed by atoms with Crippen molar-refractivity contribution in [2.24, 2.45) is 0 Å². The molecule has 1 rings (SSSR count). The number of methoxy groups -OCH3 is 1. The van der Waals surface area contributed by atoms with Crippen molar-refractivity contribution in [2.75, 3.05) is 7.11 Å². The zero-order valence-corrected chi connectivity index (χ0v) is 12.3. The van der Waals surface area contributed by atoms with Gasteiger partial charge in [0.25, 0.3) is 0 Å². The van der Waals surface area contributed by atoms with Crippen molar-refractivity contribution in [3.8, 4) is 0 Å². The Morgan fingerprint density at radius 2 is 1.80 bits per heavy atom. The fourth-order valence-electron chi connectivity index (χ4n) is 1.88. The minimum absolute atomic E-state index is 0.0816. The third-order valence-electron chi connectivity index (χ3n) is 3.12. The molecule has 0 radical (unpaired) electrons. The number of hydrogen-bond donors (Lipinski definition) is 1. The lowest BCUT2D eigenvalue weighted by atomic mass is 10.1. The van der Waals surface area contributed by atoms with Crippen molar-refractivity contribution in [1.29, 1.82) is 0 Å². The van der Waals surface area contributed by atoms with Crippen molar-refractivity contribution in [3.63, 3.8) is 0 Å². The summed E-state index contributed by atoms with van der Waals surface area (Å²) in [4.78, 5) is 22.9. The fourth-order valence-corrected chi connectivity index (χ4v) is 1.88. The van der Waals surface area contributed by atoms with Gasteiger partial charge >= 0.3 is 5.97 Å². The quantitative estimate of drug-likeness (QED) is 0.587. The molecule has 0 fully saturated rings. The molecule has 1 N–H and O–H groups in total. The van der Waals surface area contributed by atoms with Gasteiger partial charge in [-0.1, -0.05) is 38.3 Å². The molecule has 0 heterocycles. The number of unbranched alkanes of at least 4 members (excludes halogenated alkanes) is 3. The van der Waals surface area contributed by atoms with Gasteiger partial charge < -0.3 is 10.1 Å². The van der Waals surface area contributed by atoms with Gasteiger partial charge in [-0.25, -0.2) is 4.79 Å². The summed E-state index contributed by atoms with van der Waals surface area (Å²) in [6.07, 6.45) is 5.00. The molecular weight excluding hydrogens is 254 g/mol. The van der Waals surface area contributed by atoms with Crippen LogP contribution in [0.3, 0.4) is 0 Å². The van der Waals surface area contributed by atoms with Crippen LogP contribution in [-0.2, 0) is 16.1 Å². The van der Waals surface area contributed by atoms with E-state index in [1.807, 2.05) is 12.1 Å². The Balaban J connectivity index is 2.31. The third-order valence-corrected chi connectivity index (χ3v) is 3.12. The van der Waals surface area contributed by atoms with E-state index < -0.39 is 0 Å². The molecule has 1 amide bonds. The smallest absolute Gasteiger partial charge is 0.337 e. The minimum atomic E-state index is -0.350. The molecule has 0 atom stereocenters. The summed E-state index contributed by atoms with van der Waals surface area (Å²) < 4.78 is 4.63. The summed E-state index contributed by atoms with van der Waals surface area (Å²) in [5.41, 5.74) is 1.49. The second kappa shape index (κ2) is 9.13. The first-order valence-electron chi connectivity index (χ1n) is 7.11. The number of carbonyl (C=O) groups excluding carboxylic acids is 2. The van der Waals surface area contributed by atoms with Gasteiger partial charge in [-0.2, -0.15) is 0 Å². The summed E-state index contributed by atoms with van der Waals surface area (Å²) in [6.45, 7) is 2.64. The number of nitrogens with one attached hydrogen (secondary N) is 1. The molecule has 0 aliphatic rings. The predicted octanol–water partition coefficient (Wildman–Crippen LogP) is 3.06. The maximum absolute atomic E-state index is 11.6. The predicted molar refractivity (Wildman–Crippen MR) is 78.4 cm³/mol. The molecule has 0 unspecified atom stereocenters. The lowest BCUT2D eigenvalue weighted by Gasteiger charge is -2.06. The van der Waals surface area contributed by atoms with E-state index in [9.17, 15) is 9.59 Å². The van der Waals surface area contributed by atoms with Gasteiger partial charge in [0.05, 0.1) is 12.7 Å². The molecule has 1 aromatic carbocycles. The molecule has 0 spiro atoms. The molecule has 0 saturated heterocycles. The van der Waals surface area contributed by atoms with Crippen molar-refractivity contribution in [3.05, 3.63) is 35.4 Å². The number of esters is 1. The Bertz CT molecular complexity index is 426. The van der Waals surface area contributed by atoms with Crippen molar-refractivity contribution in [1.82, 2.24) is 5.32 Å². The van der Waals surface area contributed by atoms with Gasteiger partial charge in [0.15, 0.2) is 0 Å². The first kappa shape index (κ1) is 16.2. The number of benzene rings is 1. The van der Waals surface area contributed by atoms with Crippen LogP contribution in [0.25, 0.3) is 0 Å². The Morgan fingerprint density at radius 1 is 1.10 bits per heavy atom. The monoisotopic (exact) mass is 277 g/mol. The third kappa shape index (κ3) is 5.87. The van der Waals surface area contributed by atoms with Gasteiger partial charge in [0.2, 0.25) is 5.91 Å². The normalized spacial score (nSPS) is 10.1. The molecular formula is C16H23NO3. The topological polar surface area (TPSA) is 55.4 Å². The number of amides is 1. The molecule has 0 aromatic heterocycles. The van der Waals surface area contributed by atoms with Crippen LogP contribution in [0.2, 0.25) is 0 Å². The summed E-state index contributed by atoms with van der Waals surface area (Å²) in [5.74, 6) is -0.269. The fraction of sp³-hybridized carbons (Fsp3) is 0.500. The molecule has 4 heteroatoms. The SMILES string of the molecule is CCCCCCC(=O)NCc1ccc(C(=O)OC)cc1. The van der Waals surface area contributed by atoms with E-state index in [1.54, 1.807) is 12.1 Å². The van der Waals surface area contributed by atoms with Crippen LogP contribution >= 0.6 is 0 Å². The van der Waals surface area contributed by atoms with E-state index in [0.717, 1.165) is 18.4 Å². The highest BCUT2D eigenvalue weighted by molar-refractivity contribution is 5.89. The molecule has 20 heavy (non-hydrogen) atoms. The molecule has 0 aliphatic heterocycles. The summed E-state index contributed by atoms with van der Waals surface area (Å²) in [6, 6.07) is 7.05. The Morgan fingerprint density at radius 3 is 2.40 bits per heavy atom. The zero-order valence-electron chi connectivity index (χ0n) is 12.3. The van der Waals surface area contributed by atoms with Crippen LogP contribution in [0.1, 0.15) is 54.9 Å². The van der Waals surface area contributed by atoms with E-state index >= 15 is 0 Å². The maximum atomic E-state index is 11.6. The first-order chi connectivity index (χ1) is 9.67. The van der Waals surface area contributed by atoms with Gasteiger partial charge in [-0.3, -0.25) is 4.79 Å². The van der Waals surface area contributed by atoms with Crippen molar-refractivity contribution < 1.29 is 14.3 Å². The first-order valence-corrected chi connectivity index (χ1v) is 7.11. The van der Waals surface area contributed by atoms with Crippen LogP contribution in [-0.4, -0.2) is 19.0 Å². The van der Waals surface area contributed by atoms with Gasteiger partial charge in [0.1, 0.15) is 0 Å². The average molecular weight is 277 g/mol. The zero-order chi connectivity index (χ0) is 14.8. The van der Waals surface area contributed by atoms with Gasteiger partial charge in [0, 0.05) is 13.0 Å². The van der Waals surface area contributed by atoms with Crippen LogP contribution < -0.4 is 5.32 Å². The Labute approximate surface area is 120 Å². The number of hydrogen-bond acceptors (Lipinski definition) is 3. The van der Waals surface area contributed by atoms with Crippen LogP contribution in [0.4, 0.5) is 0 Å². The van der Waals surface area contributed by atoms with Gasteiger partial charge in [-0.05, 0) is 24.1 Å². The molecule has 1 aromatic rings. The standard InChI is InChI=1S/C16H23NO3/c1-3-4-5-6-7-15(18)17-12-13-8-10-14(11-9-13)16(19)20-2/h8-11H,3-7,12H2,1-2H3,(H,17,18). The van der Waals surface area contributed by atoms with Crippen molar-refractivity contribution >= 4 is 11.9 Å². The van der Waals surface area contributed by atoms with E-state index in [2.05, 4.69) is 17.0 Å². The minimum Gasteiger partial charge on any atom is -0.465 e. The lowest BCUT2D eigenvalue weighted by Crippen LogP contribution is -2.22. The Kier molecular flexibility index (Phi) is 7.40. The second-order valence-electron chi connectivity index (χ2n) is 4.78. The number of rotatable bonds is 8. The summed E-state index contributed by atoms with van der Waals surface area (Å²) >= 11 is 0. The highest BCUT2D eigenvalue weighted by Crippen LogP contribution is 2.06. The highest BCUT2D eigenvalue weighted by Gasteiger charge is 2.05. The second-order valence-corrected chi connectivity index (χ2v) is 4.78. The molecule has 0 aliphatic carbocycles. The largest absolute Gasteiger partial charge is 0.465 e. The van der Waals surface area contributed by atoms with E-state index in [1.165, 1.54) is 20.0 Å². The van der Waals surface area contributed by atoms with Crippen LogP contribution in [0.15, 0.2) is 24.3 Å². The number of carbonyl (C=O) groups is 2. The van der Waals surface area contributed by atoms with Crippen LogP contribution in [0, 0.1) is 0 Å². The summed E-state index contributed by atoms with van der Waals surface area (Å²) in [7, 11) is 1.36.